The average Bonchev–Trinajstić information content (AvgIpc) is 2.59. The van der Waals surface area contributed by atoms with E-state index in [1.165, 1.54) is 12.3 Å². The fourth-order valence-electron chi connectivity index (χ4n) is 2.92. The molecule has 0 spiro atoms. The molecule has 7 heteroatoms. The van der Waals surface area contributed by atoms with Crippen LogP contribution in [0.5, 0.6) is 5.75 Å². The first-order valence-corrected chi connectivity index (χ1v) is 7.96. The van der Waals surface area contributed by atoms with Crippen molar-refractivity contribution in [3.63, 3.8) is 0 Å². The molecule has 1 saturated heterocycles. The van der Waals surface area contributed by atoms with Crippen LogP contribution in [0.4, 0.5) is 5.82 Å². The number of carbonyl (C=O) groups excluding carboxylic acids is 1. The van der Waals surface area contributed by atoms with Gasteiger partial charge in [-0.25, -0.2) is 4.98 Å². The van der Waals surface area contributed by atoms with Crippen molar-refractivity contribution >= 4 is 11.7 Å². The summed E-state index contributed by atoms with van der Waals surface area (Å²) in [5, 5.41) is 12.1. The van der Waals surface area contributed by atoms with Gasteiger partial charge < -0.3 is 15.4 Å². The van der Waals surface area contributed by atoms with E-state index in [1.807, 2.05) is 6.07 Å². The summed E-state index contributed by atoms with van der Waals surface area (Å²) in [5.41, 5.74) is 0.328. The van der Waals surface area contributed by atoms with Gasteiger partial charge in [-0.1, -0.05) is 6.07 Å². The number of H-pyrrole nitrogens is 1. The molecule has 0 radical (unpaired) electrons. The maximum atomic E-state index is 12.4. The topological polar surface area (TPSA) is 98.3 Å². The third-order valence-electron chi connectivity index (χ3n) is 4.14. The largest absolute Gasteiger partial charge is 0.503 e. The third-order valence-corrected chi connectivity index (χ3v) is 4.14. The Morgan fingerprint density at radius 1 is 1.46 bits per heavy atom. The highest BCUT2D eigenvalue weighted by Crippen LogP contribution is 2.19. The second-order valence-corrected chi connectivity index (χ2v) is 5.99. The normalized spacial score (nSPS) is 18.2. The number of nitrogens with one attached hydrogen (secondary N) is 2. The molecule has 3 N–H and O–H groups in total. The SMILES string of the molecule is O=C(Nc1ccccn1)C1CCCN(Cc2cc(=O)c(O)c[nH]2)C1. The molecule has 24 heavy (non-hydrogen) atoms. The van der Waals surface area contributed by atoms with Crippen LogP contribution in [0.1, 0.15) is 18.5 Å². The van der Waals surface area contributed by atoms with Crippen molar-refractivity contribution in [3.8, 4) is 5.75 Å². The highest BCUT2D eigenvalue weighted by molar-refractivity contribution is 5.91. The molecule has 0 aliphatic carbocycles. The van der Waals surface area contributed by atoms with Gasteiger partial charge in [0.25, 0.3) is 0 Å². The zero-order chi connectivity index (χ0) is 16.9. The number of pyridine rings is 2. The molecule has 2 aromatic rings. The van der Waals surface area contributed by atoms with E-state index in [0.29, 0.717) is 18.9 Å². The maximum absolute atomic E-state index is 12.4. The molecule has 1 aliphatic rings. The number of rotatable bonds is 4. The summed E-state index contributed by atoms with van der Waals surface area (Å²) >= 11 is 0. The van der Waals surface area contributed by atoms with E-state index in [9.17, 15) is 14.7 Å². The summed E-state index contributed by atoms with van der Waals surface area (Å²) in [4.78, 5) is 33.0. The predicted octanol–water partition coefficient (Wildman–Crippen LogP) is 1.33. The fraction of sp³-hybridized carbons (Fsp3) is 0.353. The van der Waals surface area contributed by atoms with Crippen molar-refractivity contribution < 1.29 is 9.90 Å². The summed E-state index contributed by atoms with van der Waals surface area (Å²) in [6.07, 6.45) is 4.70. The molecule has 0 bridgehead atoms. The number of piperidine rings is 1. The number of anilines is 1. The first-order chi connectivity index (χ1) is 11.6. The van der Waals surface area contributed by atoms with Gasteiger partial charge in [0.2, 0.25) is 11.3 Å². The zero-order valence-corrected chi connectivity index (χ0v) is 13.2. The molecule has 7 nitrogen and oxygen atoms in total. The highest BCUT2D eigenvalue weighted by atomic mass is 16.3. The standard InChI is InChI=1S/C17H20N4O3/c22-14-8-13(19-9-15(14)23)11-21-7-3-4-12(10-21)17(24)20-16-5-1-2-6-18-16/h1-2,5-6,8-9,12,23H,3-4,7,10-11H2,(H,19,22)(H,18,20,24). The number of hydrogen-bond acceptors (Lipinski definition) is 5. The minimum Gasteiger partial charge on any atom is -0.503 e. The number of amides is 1. The first-order valence-electron chi connectivity index (χ1n) is 7.96. The molecule has 0 aromatic carbocycles. The number of hydrogen-bond donors (Lipinski definition) is 3. The van der Waals surface area contributed by atoms with Crippen molar-refractivity contribution in [2.75, 3.05) is 18.4 Å². The number of carbonyl (C=O) groups is 1. The van der Waals surface area contributed by atoms with E-state index in [4.69, 9.17) is 0 Å². The lowest BCUT2D eigenvalue weighted by Gasteiger charge is -2.31. The molecule has 2 aromatic heterocycles. The van der Waals surface area contributed by atoms with Crippen LogP contribution in [0.3, 0.4) is 0 Å². The van der Waals surface area contributed by atoms with E-state index in [1.54, 1.807) is 18.3 Å². The van der Waals surface area contributed by atoms with Crippen molar-refractivity contribution in [3.05, 3.63) is 52.6 Å². The van der Waals surface area contributed by atoms with Crippen molar-refractivity contribution in [1.29, 1.82) is 0 Å². The van der Waals surface area contributed by atoms with Gasteiger partial charge >= 0.3 is 0 Å². The van der Waals surface area contributed by atoms with Crippen LogP contribution in [-0.4, -0.2) is 39.0 Å². The van der Waals surface area contributed by atoms with Crippen LogP contribution in [0.15, 0.2) is 41.5 Å². The molecule has 1 amide bonds. The van der Waals surface area contributed by atoms with Gasteiger partial charge in [-0.05, 0) is 31.5 Å². The monoisotopic (exact) mass is 328 g/mol. The van der Waals surface area contributed by atoms with Gasteiger partial charge in [0, 0.05) is 37.2 Å². The number of nitrogens with zero attached hydrogens (tertiary/aromatic N) is 2. The Kier molecular flexibility index (Phi) is 4.90. The quantitative estimate of drug-likeness (QED) is 0.786. The fourth-order valence-corrected chi connectivity index (χ4v) is 2.92. The van der Waals surface area contributed by atoms with E-state index in [0.717, 1.165) is 25.1 Å². The van der Waals surface area contributed by atoms with Crippen LogP contribution in [0.25, 0.3) is 0 Å². The Labute approximate surface area is 139 Å². The van der Waals surface area contributed by atoms with Gasteiger partial charge in [0.1, 0.15) is 5.82 Å². The summed E-state index contributed by atoms with van der Waals surface area (Å²) in [6, 6.07) is 6.79. The maximum Gasteiger partial charge on any atom is 0.229 e. The second-order valence-electron chi connectivity index (χ2n) is 5.99. The molecular weight excluding hydrogens is 308 g/mol. The molecule has 126 valence electrons. The van der Waals surface area contributed by atoms with Crippen molar-refractivity contribution in [1.82, 2.24) is 14.9 Å². The van der Waals surface area contributed by atoms with Crippen LogP contribution < -0.4 is 10.7 Å². The van der Waals surface area contributed by atoms with Gasteiger partial charge in [0.05, 0.1) is 5.92 Å². The van der Waals surface area contributed by atoms with Crippen LogP contribution in [0, 0.1) is 5.92 Å². The minimum atomic E-state index is -0.398. The summed E-state index contributed by atoms with van der Waals surface area (Å²) in [6.45, 7) is 2.04. The molecular formula is C17H20N4O3. The third kappa shape index (κ3) is 3.99. The van der Waals surface area contributed by atoms with E-state index < -0.39 is 5.43 Å². The van der Waals surface area contributed by atoms with Crippen LogP contribution in [0.2, 0.25) is 0 Å². The lowest BCUT2D eigenvalue weighted by Crippen LogP contribution is -2.40. The number of likely N-dealkylation sites (tertiary alicyclic amines) is 1. The molecule has 1 aliphatic heterocycles. The van der Waals surface area contributed by atoms with Crippen LogP contribution in [-0.2, 0) is 11.3 Å². The van der Waals surface area contributed by atoms with Crippen LogP contribution >= 0.6 is 0 Å². The van der Waals surface area contributed by atoms with Gasteiger partial charge in [-0.2, -0.15) is 0 Å². The Morgan fingerprint density at radius 3 is 3.08 bits per heavy atom. The number of aromatic hydroxyl groups is 1. The average molecular weight is 328 g/mol. The lowest BCUT2D eigenvalue weighted by molar-refractivity contribution is -0.121. The van der Waals surface area contributed by atoms with Gasteiger partial charge in [-0.15, -0.1) is 0 Å². The molecule has 3 rings (SSSR count). The predicted molar refractivity (Wildman–Crippen MR) is 89.6 cm³/mol. The van der Waals surface area contributed by atoms with E-state index >= 15 is 0 Å². The highest BCUT2D eigenvalue weighted by Gasteiger charge is 2.26. The summed E-state index contributed by atoms with van der Waals surface area (Å²) in [5.74, 6) is 0.134. The summed E-state index contributed by atoms with van der Waals surface area (Å²) < 4.78 is 0. The minimum absolute atomic E-state index is 0.0300. The lowest BCUT2D eigenvalue weighted by atomic mass is 9.97. The van der Waals surface area contributed by atoms with E-state index in [-0.39, 0.29) is 17.6 Å². The van der Waals surface area contributed by atoms with Gasteiger partial charge in [0.15, 0.2) is 5.75 Å². The molecule has 1 fully saturated rings. The Hall–Kier alpha value is -2.67. The number of aromatic nitrogens is 2. The first kappa shape index (κ1) is 16.2. The van der Waals surface area contributed by atoms with Crippen molar-refractivity contribution in [2.45, 2.75) is 19.4 Å². The smallest absolute Gasteiger partial charge is 0.229 e. The Bertz CT molecular complexity index is 760. The number of aromatic amines is 1. The van der Waals surface area contributed by atoms with Crippen molar-refractivity contribution in [2.24, 2.45) is 5.92 Å². The zero-order valence-electron chi connectivity index (χ0n) is 13.2. The Morgan fingerprint density at radius 2 is 2.33 bits per heavy atom. The second kappa shape index (κ2) is 7.27. The Balaban J connectivity index is 1.60. The molecule has 0 saturated carbocycles. The molecule has 3 heterocycles. The molecule has 1 atom stereocenters. The summed E-state index contributed by atoms with van der Waals surface area (Å²) in [7, 11) is 0. The van der Waals surface area contributed by atoms with Gasteiger partial charge in [-0.3, -0.25) is 14.5 Å². The van der Waals surface area contributed by atoms with E-state index in [2.05, 4.69) is 20.2 Å². The molecule has 1 unspecified atom stereocenters.